The molecule has 1 aromatic heterocycles. The van der Waals surface area contributed by atoms with Gasteiger partial charge >= 0.3 is 0 Å². The van der Waals surface area contributed by atoms with Crippen LogP contribution in [0.4, 0.5) is 0 Å². The number of carbonyl (C=O) groups excluding carboxylic acids is 1. The van der Waals surface area contributed by atoms with Crippen LogP contribution in [0.3, 0.4) is 0 Å². The zero-order chi connectivity index (χ0) is 15.1. The topological polar surface area (TPSA) is 55.1 Å². The van der Waals surface area contributed by atoms with Crippen LogP contribution in [0.15, 0.2) is 34.9 Å². The van der Waals surface area contributed by atoms with Gasteiger partial charge in [-0.3, -0.25) is 4.79 Å². The number of amides is 1. The summed E-state index contributed by atoms with van der Waals surface area (Å²) >= 11 is 0. The fourth-order valence-corrected chi connectivity index (χ4v) is 2.16. The zero-order valence-electron chi connectivity index (χ0n) is 12.7. The Hall–Kier alpha value is -2.10. The Kier molecular flexibility index (Phi) is 5.55. The molecule has 0 aliphatic carbocycles. The zero-order valence-corrected chi connectivity index (χ0v) is 12.7. The number of aromatic nitrogens is 1. The minimum absolute atomic E-state index is 0.0994. The number of benzene rings is 1. The third-order valence-electron chi connectivity index (χ3n) is 3.37. The molecule has 0 bridgehead atoms. The summed E-state index contributed by atoms with van der Waals surface area (Å²) in [6.45, 7) is 4.54. The van der Waals surface area contributed by atoms with E-state index >= 15 is 0 Å². The summed E-state index contributed by atoms with van der Waals surface area (Å²) < 4.78 is 4.98. The van der Waals surface area contributed by atoms with Crippen molar-refractivity contribution in [1.82, 2.24) is 10.5 Å². The van der Waals surface area contributed by atoms with Gasteiger partial charge in [0, 0.05) is 25.5 Å². The lowest BCUT2D eigenvalue weighted by atomic mass is 10.1. The summed E-state index contributed by atoms with van der Waals surface area (Å²) in [5, 5.41) is 6.81. The monoisotopic (exact) mass is 286 g/mol. The van der Waals surface area contributed by atoms with Gasteiger partial charge in [0.2, 0.25) is 5.91 Å². The highest BCUT2D eigenvalue weighted by atomic mass is 16.5. The number of nitrogens with one attached hydrogen (secondary N) is 1. The first-order chi connectivity index (χ1) is 10.1. The SMILES string of the molecule is Cc1ccc(CCCC(=O)NCCc2cc(C)on2)cc1. The molecule has 1 amide bonds. The van der Waals surface area contributed by atoms with Gasteiger partial charge in [0.15, 0.2) is 0 Å². The van der Waals surface area contributed by atoms with Gasteiger partial charge in [-0.1, -0.05) is 35.0 Å². The van der Waals surface area contributed by atoms with Crippen LogP contribution in [0.25, 0.3) is 0 Å². The van der Waals surface area contributed by atoms with Gasteiger partial charge in [0.25, 0.3) is 0 Å². The van der Waals surface area contributed by atoms with Gasteiger partial charge in [0.1, 0.15) is 5.76 Å². The number of carbonyl (C=O) groups is 1. The van der Waals surface area contributed by atoms with Gasteiger partial charge in [-0.05, 0) is 32.3 Å². The predicted octanol–water partition coefficient (Wildman–Crippen LogP) is 2.97. The molecule has 0 aliphatic rings. The van der Waals surface area contributed by atoms with Crippen molar-refractivity contribution in [2.75, 3.05) is 6.54 Å². The van der Waals surface area contributed by atoms with Crippen LogP contribution in [0.1, 0.15) is 35.4 Å². The molecular weight excluding hydrogens is 264 g/mol. The number of nitrogens with zero attached hydrogens (tertiary/aromatic N) is 1. The first kappa shape index (κ1) is 15.3. The third-order valence-corrected chi connectivity index (χ3v) is 3.37. The van der Waals surface area contributed by atoms with Crippen molar-refractivity contribution in [3.05, 3.63) is 52.9 Å². The minimum Gasteiger partial charge on any atom is -0.361 e. The molecule has 0 radical (unpaired) electrons. The lowest BCUT2D eigenvalue weighted by molar-refractivity contribution is -0.121. The maximum absolute atomic E-state index is 11.7. The highest BCUT2D eigenvalue weighted by Crippen LogP contribution is 2.07. The number of aryl methyl sites for hydroxylation is 3. The van der Waals surface area contributed by atoms with E-state index in [0.717, 1.165) is 24.3 Å². The van der Waals surface area contributed by atoms with Crippen LogP contribution in [0.5, 0.6) is 0 Å². The molecule has 0 aliphatic heterocycles. The Morgan fingerprint density at radius 1 is 1.19 bits per heavy atom. The van der Waals surface area contributed by atoms with E-state index in [9.17, 15) is 4.79 Å². The van der Waals surface area contributed by atoms with Crippen LogP contribution < -0.4 is 5.32 Å². The summed E-state index contributed by atoms with van der Waals surface area (Å²) in [5.74, 6) is 0.900. The summed E-state index contributed by atoms with van der Waals surface area (Å²) in [6, 6.07) is 10.4. The fourth-order valence-electron chi connectivity index (χ4n) is 2.16. The van der Waals surface area contributed by atoms with E-state index in [4.69, 9.17) is 4.52 Å². The average Bonchev–Trinajstić information content (AvgIpc) is 2.87. The van der Waals surface area contributed by atoms with Crippen molar-refractivity contribution in [2.45, 2.75) is 39.5 Å². The van der Waals surface area contributed by atoms with E-state index < -0.39 is 0 Å². The standard InChI is InChI=1S/C17H22N2O2/c1-13-6-8-15(9-7-13)4-3-5-17(20)18-11-10-16-12-14(2)21-19-16/h6-9,12H,3-5,10-11H2,1-2H3,(H,18,20). The molecule has 0 fully saturated rings. The fraction of sp³-hybridized carbons (Fsp3) is 0.412. The molecule has 1 heterocycles. The van der Waals surface area contributed by atoms with E-state index in [2.05, 4.69) is 41.7 Å². The largest absolute Gasteiger partial charge is 0.361 e. The molecule has 2 aromatic rings. The van der Waals surface area contributed by atoms with Gasteiger partial charge in [-0.15, -0.1) is 0 Å². The first-order valence-corrected chi connectivity index (χ1v) is 7.38. The molecule has 0 atom stereocenters. The smallest absolute Gasteiger partial charge is 0.220 e. The summed E-state index contributed by atoms with van der Waals surface area (Å²) in [5.41, 5.74) is 3.43. The molecule has 0 saturated carbocycles. The number of rotatable bonds is 7. The summed E-state index contributed by atoms with van der Waals surface area (Å²) in [6.07, 6.45) is 3.08. The summed E-state index contributed by atoms with van der Waals surface area (Å²) in [7, 11) is 0. The average molecular weight is 286 g/mol. The Morgan fingerprint density at radius 2 is 1.95 bits per heavy atom. The lowest BCUT2D eigenvalue weighted by Gasteiger charge is -2.04. The molecule has 112 valence electrons. The molecule has 0 unspecified atom stereocenters. The second-order valence-electron chi connectivity index (χ2n) is 5.37. The van der Waals surface area contributed by atoms with E-state index in [-0.39, 0.29) is 5.91 Å². The molecule has 21 heavy (non-hydrogen) atoms. The Labute approximate surface area is 125 Å². The van der Waals surface area contributed by atoms with E-state index in [1.54, 1.807) is 0 Å². The van der Waals surface area contributed by atoms with Crippen molar-refractivity contribution in [3.8, 4) is 0 Å². The predicted molar refractivity (Wildman–Crippen MR) is 82.1 cm³/mol. The molecule has 1 aromatic carbocycles. The molecule has 4 nitrogen and oxygen atoms in total. The van der Waals surface area contributed by atoms with Crippen molar-refractivity contribution in [1.29, 1.82) is 0 Å². The normalized spacial score (nSPS) is 10.6. The second-order valence-corrected chi connectivity index (χ2v) is 5.37. The van der Waals surface area contributed by atoms with Crippen molar-refractivity contribution in [3.63, 3.8) is 0 Å². The van der Waals surface area contributed by atoms with Gasteiger partial charge < -0.3 is 9.84 Å². The van der Waals surface area contributed by atoms with Crippen LogP contribution in [-0.4, -0.2) is 17.6 Å². The highest BCUT2D eigenvalue weighted by Gasteiger charge is 2.03. The Balaban J connectivity index is 1.60. The molecule has 0 spiro atoms. The van der Waals surface area contributed by atoms with Crippen LogP contribution in [0, 0.1) is 13.8 Å². The number of hydrogen-bond donors (Lipinski definition) is 1. The molecule has 4 heteroatoms. The quantitative estimate of drug-likeness (QED) is 0.851. The third kappa shape index (κ3) is 5.42. The van der Waals surface area contributed by atoms with Crippen LogP contribution >= 0.6 is 0 Å². The Bertz CT molecular complexity index is 573. The maximum atomic E-state index is 11.7. The maximum Gasteiger partial charge on any atom is 0.220 e. The van der Waals surface area contributed by atoms with E-state index in [1.165, 1.54) is 11.1 Å². The second kappa shape index (κ2) is 7.62. The lowest BCUT2D eigenvalue weighted by Crippen LogP contribution is -2.25. The number of hydrogen-bond acceptors (Lipinski definition) is 3. The van der Waals surface area contributed by atoms with Crippen molar-refractivity contribution < 1.29 is 9.32 Å². The summed E-state index contributed by atoms with van der Waals surface area (Å²) in [4.78, 5) is 11.7. The van der Waals surface area contributed by atoms with E-state index in [0.29, 0.717) is 19.4 Å². The van der Waals surface area contributed by atoms with Crippen molar-refractivity contribution >= 4 is 5.91 Å². The van der Waals surface area contributed by atoms with Crippen LogP contribution in [-0.2, 0) is 17.6 Å². The van der Waals surface area contributed by atoms with Crippen molar-refractivity contribution in [2.24, 2.45) is 0 Å². The van der Waals surface area contributed by atoms with E-state index in [1.807, 2.05) is 13.0 Å². The molecule has 1 N–H and O–H groups in total. The first-order valence-electron chi connectivity index (χ1n) is 7.38. The minimum atomic E-state index is 0.0994. The van der Waals surface area contributed by atoms with Gasteiger partial charge in [-0.25, -0.2) is 0 Å². The molecule has 2 rings (SSSR count). The Morgan fingerprint density at radius 3 is 2.62 bits per heavy atom. The van der Waals surface area contributed by atoms with Gasteiger partial charge in [0.05, 0.1) is 5.69 Å². The molecular formula is C17H22N2O2. The molecule has 0 saturated heterocycles. The van der Waals surface area contributed by atoms with Gasteiger partial charge in [-0.2, -0.15) is 0 Å². The van der Waals surface area contributed by atoms with Crippen LogP contribution in [0.2, 0.25) is 0 Å². The highest BCUT2D eigenvalue weighted by molar-refractivity contribution is 5.75.